The molecule has 0 aliphatic carbocycles. The minimum Gasteiger partial charge on any atom is -0.462 e. The van der Waals surface area contributed by atoms with Gasteiger partial charge < -0.3 is 14.2 Å². The van der Waals surface area contributed by atoms with Crippen LogP contribution in [0.1, 0.15) is 213 Å². The van der Waals surface area contributed by atoms with Crippen LogP contribution in [0, 0.1) is 0 Å². The van der Waals surface area contributed by atoms with Gasteiger partial charge in [0.05, 0.1) is 0 Å². The average Bonchev–Trinajstić information content (AvgIpc) is 3.23. The van der Waals surface area contributed by atoms with Gasteiger partial charge in [-0.15, -0.1) is 0 Å². The van der Waals surface area contributed by atoms with Gasteiger partial charge in [-0.05, 0) is 103 Å². The van der Waals surface area contributed by atoms with Crippen LogP contribution in [0.4, 0.5) is 0 Å². The fourth-order valence-electron chi connectivity index (χ4n) is 6.21. The Hall–Kier alpha value is -3.41. The molecule has 0 N–H and O–H groups in total. The molecule has 1 atom stereocenters. The SMILES string of the molecule is CC/C=C\C/C=C\C/C=C\C/C=C\CCCCCCC(=O)OCC(COC(=O)CCCCCCC/C=C\CCC)OC(=O)CCCCCCC/C=C\C/C=C\CCCC. The van der Waals surface area contributed by atoms with Crippen LogP contribution in [0.15, 0.2) is 85.1 Å². The standard InChI is InChI=1S/C53H88O6/c1-4-7-10-13-16-19-22-24-26-27-28-30-31-34-37-40-43-46-52(55)58-49-50(48-57-51(54)45-42-39-36-33-21-18-15-12-9-6-3)59-53(56)47-44-41-38-35-32-29-25-23-20-17-14-11-8-5-2/h7,10,12,14-17,19,23-26,28,30,50H,4-6,8-9,11,13,18,20-22,27,29,31-49H2,1-3H3/b10-7-,15-12-,17-14-,19-16-,25-23-,26-24-,30-28-. The Labute approximate surface area is 363 Å². The summed E-state index contributed by atoms with van der Waals surface area (Å²) in [6, 6.07) is 0. The third kappa shape index (κ3) is 45.5. The van der Waals surface area contributed by atoms with E-state index in [1.807, 2.05) is 0 Å². The number of allylic oxidation sites excluding steroid dienone is 14. The van der Waals surface area contributed by atoms with E-state index in [0.29, 0.717) is 19.3 Å². The summed E-state index contributed by atoms with van der Waals surface area (Å²) in [5.74, 6) is -0.950. The summed E-state index contributed by atoms with van der Waals surface area (Å²) < 4.78 is 16.7. The van der Waals surface area contributed by atoms with E-state index >= 15 is 0 Å². The number of hydrogen-bond acceptors (Lipinski definition) is 6. The Bertz CT molecular complexity index is 1170. The number of esters is 3. The van der Waals surface area contributed by atoms with E-state index in [4.69, 9.17) is 14.2 Å². The Morgan fingerprint density at radius 3 is 1.12 bits per heavy atom. The molecule has 0 aromatic heterocycles. The number of unbranched alkanes of at least 4 members (excludes halogenated alkanes) is 17. The number of carbonyl (C=O) groups is 3. The van der Waals surface area contributed by atoms with Gasteiger partial charge in [0.15, 0.2) is 6.10 Å². The van der Waals surface area contributed by atoms with Gasteiger partial charge in [0.1, 0.15) is 13.2 Å². The molecule has 0 aliphatic rings. The van der Waals surface area contributed by atoms with E-state index in [1.165, 1.54) is 32.1 Å². The Balaban J connectivity index is 4.44. The van der Waals surface area contributed by atoms with Gasteiger partial charge in [0.2, 0.25) is 0 Å². The summed E-state index contributed by atoms with van der Waals surface area (Å²) >= 11 is 0. The van der Waals surface area contributed by atoms with Crippen molar-refractivity contribution in [2.75, 3.05) is 13.2 Å². The molecular formula is C53H88O6. The van der Waals surface area contributed by atoms with Crippen LogP contribution < -0.4 is 0 Å². The van der Waals surface area contributed by atoms with Crippen LogP contribution in [0.2, 0.25) is 0 Å². The molecule has 6 heteroatoms. The Kier molecular flexibility index (Phi) is 44.5. The molecule has 0 fully saturated rings. The van der Waals surface area contributed by atoms with E-state index in [0.717, 1.165) is 141 Å². The molecule has 0 rings (SSSR count). The van der Waals surface area contributed by atoms with Gasteiger partial charge >= 0.3 is 17.9 Å². The summed E-state index contributed by atoms with van der Waals surface area (Å²) in [7, 11) is 0. The summed E-state index contributed by atoms with van der Waals surface area (Å²) in [5.41, 5.74) is 0. The van der Waals surface area contributed by atoms with Crippen molar-refractivity contribution < 1.29 is 28.6 Å². The molecular weight excluding hydrogens is 733 g/mol. The highest BCUT2D eigenvalue weighted by atomic mass is 16.6. The molecule has 1 unspecified atom stereocenters. The zero-order chi connectivity index (χ0) is 43.0. The molecule has 0 heterocycles. The van der Waals surface area contributed by atoms with E-state index < -0.39 is 6.10 Å². The lowest BCUT2D eigenvalue weighted by Crippen LogP contribution is -2.30. The van der Waals surface area contributed by atoms with E-state index in [-0.39, 0.29) is 31.1 Å². The van der Waals surface area contributed by atoms with Gasteiger partial charge in [-0.3, -0.25) is 14.4 Å². The first-order valence-corrected chi connectivity index (χ1v) is 24.1. The number of rotatable bonds is 42. The predicted molar refractivity (Wildman–Crippen MR) is 251 cm³/mol. The molecule has 59 heavy (non-hydrogen) atoms. The molecule has 0 amide bonds. The van der Waals surface area contributed by atoms with Crippen LogP contribution in [-0.2, 0) is 28.6 Å². The van der Waals surface area contributed by atoms with E-state index in [1.54, 1.807) is 0 Å². The summed E-state index contributed by atoms with van der Waals surface area (Å²) in [6.45, 7) is 6.36. The first-order valence-electron chi connectivity index (χ1n) is 24.1. The summed E-state index contributed by atoms with van der Waals surface area (Å²) in [4.78, 5) is 37.8. The Morgan fingerprint density at radius 2 is 0.695 bits per heavy atom. The van der Waals surface area contributed by atoms with Crippen molar-refractivity contribution in [2.24, 2.45) is 0 Å². The van der Waals surface area contributed by atoms with Crippen LogP contribution in [0.3, 0.4) is 0 Å². The van der Waals surface area contributed by atoms with Crippen molar-refractivity contribution in [1.82, 2.24) is 0 Å². The number of hydrogen-bond donors (Lipinski definition) is 0. The van der Waals surface area contributed by atoms with Crippen molar-refractivity contribution >= 4 is 17.9 Å². The fraction of sp³-hybridized carbons (Fsp3) is 0.679. The molecule has 0 saturated heterocycles. The van der Waals surface area contributed by atoms with Crippen molar-refractivity contribution in [3.63, 3.8) is 0 Å². The second-order valence-electron chi connectivity index (χ2n) is 15.6. The molecule has 0 bridgehead atoms. The summed E-state index contributed by atoms with van der Waals surface area (Å²) in [5, 5.41) is 0. The van der Waals surface area contributed by atoms with E-state index in [2.05, 4.69) is 106 Å². The lowest BCUT2D eigenvalue weighted by molar-refractivity contribution is -0.167. The minimum atomic E-state index is -0.796. The largest absolute Gasteiger partial charge is 0.462 e. The normalized spacial score (nSPS) is 12.8. The lowest BCUT2D eigenvalue weighted by Gasteiger charge is -2.18. The zero-order valence-corrected chi connectivity index (χ0v) is 38.2. The highest BCUT2D eigenvalue weighted by Crippen LogP contribution is 2.13. The van der Waals surface area contributed by atoms with Crippen LogP contribution >= 0.6 is 0 Å². The maximum atomic E-state index is 12.7. The number of ether oxygens (including phenoxy) is 3. The molecule has 0 aliphatic heterocycles. The van der Waals surface area contributed by atoms with Gasteiger partial charge in [-0.25, -0.2) is 0 Å². The molecule has 0 saturated carbocycles. The first kappa shape index (κ1) is 55.6. The highest BCUT2D eigenvalue weighted by molar-refractivity contribution is 5.71. The second kappa shape index (κ2) is 47.3. The third-order valence-corrected chi connectivity index (χ3v) is 9.83. The molecule has 0 spiro atoms. The van der Waals surface area contributed by atoms with Crippen LogP contribution in [0.25, 0.3) is 0 Å². The fourth-order valence-corrected chi connectivity index (χ4v) is 6.21. The zero-order valence-electron chi connectivity index (χ0n) is 38.2. The minimum absolute atomic E-state index is 0.0959. The van der Waals surface area contributed by atoms with Gasteiger partial charge in [0, 0.05) is 19.3 Å². The smallest absolute Gasteiger partial charge is 0.306 e. The molecule has 0 aromatic carbocycles. The van der Waals surface area contributed by atoms with Gasteiger partial charge in [0.25, 0.3) is 0 Å². The third-order valence-electron chi connectivity index (χ3n) is 9.83. The topological polar surface area (TPSA) is 78.9 Å². The molecule has 0 aromatic rings. The predicted octanol–water partition coefficient (Wildman–Crippen LogP) is 15.6. The maximum Gasteiger partial charge on any atom is 0.306 e. The van der Waals surface area contributed by atoms with Crippen molar-refractivity contribution in [3.8, 4) is 0 Å². The summed E-state index contributed by atoms with van der Waals surface area (Å²) in [6.07, 6.45) is 59.9. The van der Waals surface area contributed by atoms with Crippen molar-refractivity contribution in [3.05, 3.63) is 85.1 Å². The van der Waals surface area contributed by atoms with E-state index in [9.17, 15) is 14.4 Å². The molecule has 336 valence electrons. The van der Waals surface area contributed by atoms with Crippen molar-refractivity contribution in [2.45, 2.75) is 219 Å². The molecule has 6 nitrogen and oxygen atoms in total. The van der Waals surface area contributed by atoms with Crippen LogP contribution in [-0.4, -0.2) is 37.2 Å². The quantitative estimate of drug-likeness (QED) is 0.0264. The lowest BCUT2D eigenvalue weighted by atomic mass is 10.1. The van der Waals surface area contributed by atoms with Gasteiger partial charge in [-0.1, -0.05) is 176 Å². The Morgan fingerprint density at radius 1 is 0.356 bits per heavy atom. The van der Waals surface area contributed by atoms with Crippen molar-refractivity contribution in [1.29, 1.82) is 0 Å². The molecule has 0 radical (unpaired) electrons. The first-order chi connectivity index (χ1) is 29.0. The average molecular weight is 821 g/mol. The highest BCUT2D eigenvalue weighted by Gasteiger charge is 2.19. The van der Waals surface area contributed by atoms with Gasteiger partial charge in [-0.2, -0.15) is 0 Å². The maximum absolute atomic E-state index is 12.7. The monoisotopic (exact) mass is 821 g/mol. The second-order valence-corrected chi connectivity index (χ2v) is 15.6. The number of carbonyl (C=O) groups excluding carboxylic acids is 3. The van der Waals surface area contributed by atoms with Crippen LogP contribution in [0.5, 0.6) is 0 Å².